The molecule has 228 valence electrons. The average molecular weight is 595 g/mol. The van der Waals surface area contributed by atoms with Gasteiger partial charge in [-0.05, 0) is 86.7 Å². The molecule has 0 saturated heterocycles. The lowest BCUT2D eigenvalue weighted by Gasteiger charge is -2.34. The van der Waals surface area contributed by atoms with Crippen LogP contribution >= 0.6 is 0 Å². The second-order valence-electron chi connectivity index (χ2n) is 11.1. The van der Waals surface area contributed by atoms with Crippen molar-refractivity contribution < 1.29 is 22.8 Å². The van der Waals surface area contributed by atoms with Crippen molar-refractivity contribution >= 4 is 23.2 Å². The molecule has 0 bridgehead atoms. The molecule has 1 aromatic heterocycles. The van der Waals surface area contributed by atoms with E-state index in [1.165, 1.54) is 6.07 Å². The van der Waals surface area contributed by atoms with Gasteiger partial charge in [0.25, 0.3) is 11.5 Å². The van der Waals surface area contributed by atoms with Crippen molar-refractivity contribution in [2.45, 2.75) is 71.6 Å². The SMILES string of the molecule is C=CC(=O)Nc1cc(C(F)(F)F)ccc1-c1cc(C(=O)NCc2c(C)cc(C)[nH]c2=O)c(C)c(N(C)C2CCCCC2)c1. The highest BCUT2D eigenvalue weighted by molar-refractivity contribution is 6.03. The predicted octanol–water partition coefficient (Wildman–Crippen LogP) is 6.81. The summed E-state index contributed by atoms with van der Waals surface area (Å²) in [4.78, 5) is 43.3. The van der Waals surface area contributed by atoms with E-state index in [4.69, 9.17) is 0 Å². The van der Waals surface area contributed by atoms with Crippen LogP contribution in [0.5, 0.6) is 0 Å². The molecule has 7 nitrogen and oxygen atoms in total. The first-order valence-corrected chi connectivity index (χ1v) is 14.3. The minimum Gasteiger partial charge on any atom is -0.371 e. The Balaban J connectivity index is 1.83. The molecule has 3 N–H and O–H groups in total. The molecule has 0 atom stereocenters. The molecular weight excluding hydrogens is 557 g/mol. The smallest absolute Gasteiger partial charge is 0.371 e. The van der Waals surface area contributed by atoms with Gasteiger partial charge in [-0.25, -0.2) is 0 Å². The van der Waals surface area contributed by atoms with Gasteiger partial charge in [0.15, 0.2) is 0 Å². The number of amides is 2. The fourth-order valence-corrected chi connectivity index (χ4v) is 5.75. The standard InChI is InChI=1S/C33H37F3N4O3/c1-6-30(41)39-28-17-23(33(34,35)36)12-13-25(28)22-15-26(21(4)29(16-22)40(5)24-10-8-7-9-11-24)31(42)37-18-27-19(2)14-20(3)38-32(27)43/h6,12-17,24H,1,7-11,18H2,2-5H3,(H,37,42)(H,38,43)(H,39,41). The number of aromatic nitrogens is 1. The predicted molar refractivity (Wildman–Crippen MR) is 163 cm³/mol. The van der Waals surface area contributed by atoms with E-state index in [0.29, 0.717) is 33.5 Å². The van der Waals surface area contributed by atoms with Gasteiger partial charge in [0.2, 0.25) is 5.91 Å². The van der Waals surface area contributed by atoms with Gasteiger partial charge >= 0.3 is 6.18 Å². The van der Waals surface area contributed by atoms with Crippen molar-refractivity contribution in [3.8, 4) is 11.1 Å². The number of hydrogen-bond acceptors (Lipinski definition) is 4. The lowest BCUT2D eigenvalue weighted by atomic mass is 9.91. The first-order chi connectivity index (χ1) is 20.3. The van der Waals surface area contributed by atoms with E-state index in [2.05, 4.69) is 27.1 Å². The Labute approximate surface area is 249 Å². The highest BCUT2D eigenvalue weighted by Gasteiger charge is 2.32. The normalized spacial score (nSPS) is 13.8. The Hall–Kier alpha value is -4.34. The second kappa shape index (κ2) is 12.9. The maximum atomic E-state index is 13.7. The Morgan fingerprint density at radius 3 is 2.40 bits per heavy atom. The Morgan fingerprint density at radius 2 is 1.77 bits per heavy atom. The molecule has 0 aliphatic heterocycles. The zero-order chi connectivity index (χ0) is 31.5. The van der Waals surface area contributed by atoms with E-state index < -0.39 is 23.6 Å². The van der Waals surface area contributed by atoms with Crippen molar-refractivity contribution in [3.63, 3.8) is 0 Å². The summed E-state index contributed by atoms with van der Waals surface area (Å²) in [5.74, 6) is -1.09. The number of carbonyl (C=O) groups excluding carboxylic acids is 2. The molecule has 2 amide bonds. The largest absolute Gasteiger partial charge is 0.416 e. The number of nitrogens with one attached hydrogen (secondary N) is 3. The molecule has 43 heavy (non-hydrogen) atoms. The maximum Gasteiger partial charge on any atom is 0.416 e. The van der Waals surface area contributed by atoms with Gasteiger partial charge < -0.3 is 20.5 Å². The van der Waals surface area contributed by atoms with Crippen LogP contribution < -0.4 is 21.1 Å². The van der Waals surface area contributed by atoms with Gasteiger partial charge in [-0.3, -0.25) is 14.4 Å². The van der Waals surface area contributed by atoms with E-state index in [-0.39, 0.29) is 23.8 Å². The number of carbonyl (C=O) groups is 2. The monoisotopic (exact) mass is 594 g/mol. The lowest BCUT2D eigenvalue weighted by molar-refractivity contribution is -0.137. The van der Waals surface area contributed by atoms with E-state index in [1.807, 2.05) is 26.1 Å². The number of aryl methyl sites for hydroxylation is 2. The van der Waals surface area contributed by atoms with Crippen LogP contribution in [0.2, 0.25) is 0 Å². The Morgan fingerprint density at radius 1 is 1.07 bits per heavy atom. The molecule has 2 aromatic carbocycles. The van der Waals surface area contributed by atoms with Crippen molar-refractivity contribution in [1.82, 2.24) is 10.3 Å². The first-order valence-electron chi connectivity index (χ1n) is 14.3. The zero-order valence-electron chi connectivity index (χ0n) is 24.9. The Kier molecular flexibility index (Phi) is 9.47. The highest BCUT2D eigenvalue weighted by Crippen LogP contribution is 2.39. The number of H-pyrrole nitrogens is 1. The molecule has 1 aliphatic rings. The number of alkyl halides is 3. The van der Waals surface area contributed by atoms with E-state index >= 15 is 0 Å². The zero-order valence-corrected chi connectivity index (χ0v) is 24.9. The van der Waals surface area contributed by atoms with Gasteiger partial charge in [-0.1, -0.05) is 31.9 Å². The van der Waals surface area contributed by atoms with Gasteiger partial charge in [0, 0.05) is 53.4 Å². The van der Waals surface area contributed by atoms with Crippen LogP contribution in [0.4, 0.5) is 24.5 Å². The fourth-order valence-electron chi connectivity index (χ4n) is 5.75. The van der Waals surface area contributed by atoms with E-state index in [9.17, 15) is 27.6 Å². The summed E-state index contributed by atoms with van der Waals surface area (Å²) < 4.78 is 40.8. The molecule has 3 aromatic rings. The molecule has 0 spiro atoms. The molecule has 1 fully saturated rings. The highest BCUT2D eigenvalue weighted by atomic mass is 19.4. The number of pyridine rings is 1. The fraction of sp³-hybridized carbons (Fsp3) is 0.364. The van der Waals surface area contributed by atoms with E-state index in [1.54, 1.807) is 19.9 Å². The molecular formula is C33H37F3N4O3. The third-order valence-electron chi connectivity index (χ3n) is 8.15. The second-order valence-corrected chi connectivity index (χ2v) is 11.1. The van der Waals surface area contributed by atoms with Crippen molar-refractivity contribution in [2.75, 3.05) is 17.3 Å². The van der Waals surface area contributed by atoms with Crippen LogP contribution in [0.1, 0.15) is 70.4 Å². The van der Waals surface area contributed by atoms with Crippen molar-refractivity contribution in [3.05, 3.63) is 92.9 Å². The average Bonchev–Trinajstić information content (AvgIpc) is 2.96. The summed E-state index contributed by atoms with van der Waals surface area (Å²) in [7, 11) is 1.96. The van der Waals surface area contributed by atoms with E-state index in [0.717, 1.165) is 61.6 Å². The summed E-state index contributed by atoms with van der Waals surface area (Å²) in [6, 6.07) is 8.66. The third kappa shape index (κ3) is 7.18. The van der Waals surface area contributed by atoms with Crippen molar-refractivity contribution in [1.29, 1.82) is 0 Å². The first kappa shape index (κ1) is 31.6. The molecule has 0 radical (unpaired) electrons. The molecule has 1 heterocycles. The van der Waals surface area contributed by atoms with Gasteiger partial charge in [-0.2, -0.15) is 13.2 Å². The number of nitrogens with zero attached hydrogens (tertiary/aromatic N) is 1. The molecule has 1 saturated carbocycles. The number of benzene rings is 2. The quantitative estimate of drug-likeness (QED) is 0.250. The minimum atomic E-state index is -4.62. The van der Waals surface area contributed by atoms with Gasteiger partial charge in [0.1, 0.15) is 0 Å². The van der Waals surface area contributed by atoms with Crippen LogP contribution in [0, 0.1) is 20.8 Å². The maximum absolute atomic E-state index is 13.7. The number of aromatic amines is 1. The summed E-state index contributed by atoms with van der Waals surface area (Å²) in [5, 5.41) is 5.36. The summed E-state index contributed by atoms with van der Waals surface area (Å²) in [6.45, 7) is 8.83. The molecule has 4 rings (SSSR count). The van der Waals surface area contributed by atoms with Crippen LogP contribution in [0.3, 0.4) is 0 Å². The van der Waals surface area contributed by atoms with Crippen LogP contribution in [-0.4, -0.2) is 29.9 Å². The van der Waals surface area contributed by atoms with Crippen LogP contribution in [-0.2, 0) is 17.5 Å². The van der Waals surface area contributed by atoms with Gasteiger partial charge in [-0.15, -0.1) is 0 Å². The van der Waals surface area contributed by atoms with Crippen LogP contribution in [0.15, 0.2) is 53.8 Å². The van der Waals surface area contributed by atoms with Crippen molar-refractivity contribution in [2.24, 2.45) is 0 Å². The summed E-state index contributed by atoms with van der Waals surface area (Å²) in [5.41, 5.74) is 3.21. The minimum absolute atomic E-state index is 0.00132. The molecule has 1 aliphatic carbocycles. The number of rotatable bonds is 8. The Bertz CT molecular complexity index is 1600. The summed E-state index contributed by atoms with van der Waals surface area (Å²) >= 11 is 0. The van der Waals surface area contributed by atoms with Crippen LogP contribution in [0.25, 0.3) is 11.1 Å². The number of halogens is 3. The number of anilines is 2. The number of hydrogen-bond donors (Lipinski definition) is 3. The third-order valence-corrected chi connectivity index (χ3v) is 8.15. The topological polar surface area (TPSA) is 94.3 Å². The molecule has 0 unspecified atom stereocenters. The summed E-state index contributed by atoms with van der Waals surface area (Å²) in [6.07, 6.45) is 1.66. The van der Waals surface area contributed by atoms with Gasteiger partial charge in [0.05, 0.1) is 5.56 Å². The molecule has 10 heteroatoms. The lowest BCUT2D eigenvalue weighted by Crippen LogP contribution is -2.34.